The van der Waals surface area contributed by atoms with Crippen molar-refractivity contribution in [2.45, 2.75) is 13.5 Å². The summed E-state index contributed by atoms with van der Waals surface area (Å²) in [5.74, 6) is 0.389. The van der Waals surface area contributed by atoms with Gasteiger partial charge < -0.3 is 15.4 Å². The molecule has 0 atom stereocenters. The minimum absolute atomic E-state index is 0.0697. The predicted octanol–water partition coefficient (Wildman–Crippen LogP) is 5.01. The van der Waals surface area contributed by atoms with Crippen LogP contribution in [0.15, 0.2) is 64.3 Å². The van der Waals surface area contributed by atoms with E-state index >= 15 is 0 Å². The van der Waals surface area contributed by atoms with E-state index in [-0.39, 0.29) is 5.02 Å². The third kappa shape index (κ3) is 5.48. The lowest BCUT2D eigenvalue weighted by Gasteiger charge is -2.16. The van der Waals surface area contributed by atoms with Crippen LogP contribution >= 0.6 is 23.4 Å². The number of nitrogens with one attached hydrogen (secondary N) is 2. The van der Waals surface area contributed by atoms with Gasteiger partial charge in [0, 0.05) is 24.1 Å². The summed E-state index contributed by atoms with van der Waals surface area (Å²) in [6.45, 7) is 2.64. The molecule has 5 nitrogen and oxygen atoms in total. The molecule has 0 bridgehead atoms. The van der Waals surface area contributed by atoms with Crippen LogP contribution in [-0.2, 0) is 6.54 Å². The molecular formula is C19H18ClFN4OS. The zero-order chi connectivity index (χ0) is 19.2. The quantitative estimate of drug-likeness (QED) is 0.710. The lowest BCUT2D eigenvalue weighted by molar-refractivity contribution is 0.414. The van der Waals surface area contributed by atoms with Crippen molar-refractivity contribution < 1.29 is 9.13 Å². The minimum Gasteiger partial charge on any atom is -0.497 e. The Labute approximate surface area is 166 Å². The van der Waals surface area contributed by atoms with E-state index in [9.17, 15) is 4.39 Å². The molecule has 0 radical (unpaired) electrons. The molecular weight excluding hydrogens is 387 g/mol. The zero-order valence-electron chi connectivity index (χ0n) is 14.8. The summed E-state index contributed by atoms with van der Waals surface area (Å²) in [5, 5.41) is 7.75. The molecule has 27 heavy (non-hydrogen) atoms. The predicted molar refractivity (Wildman–Crippen MR) is 111 cm³/mol. The number of amidine groups is 2. The highest BCUT2D eigenvalue weighted by atomic mass is 35.5. The number of rotatable bonds is 6. The SMILES string of the molecule is COc1ccc(CN/C(C)=C/N=C2N=C(Nc3ccc(F)c(Cl)c3)S2)cc1. The van der Waals surface area contributed by atoms with Crippen LogP contribution in [-0.4, -0.2) is 17.4 Å². The van der Waals surface area contributed by atoms with Gasteiger partial charge in [-0.2, -0.15) is 4.99 Å². The molecule has 1 aliphatic rings. The van der Waals surface area contributed by atoms with Crippen molar-refractivity contribution in [1.29, 1.82) is 0 Å². The van der Waals surface area contributed by atoms with E-state index in [2.05, 4.69) is 20.6 Å². The van der Waals surface area contributed by atoms with E-state index in [1.807, 2.05) is 31.2 Å². The summed E-state index contributed by atoms with van der Waals surface area (Å²) >= 11 is 7.16. The average molecular weight is 405 g/mol. The summed E-state index contributed by atoms with van der Waals surface area (Å²) < 4.78 is 18.3. The normalized spacial score (nSPS) is 15.2. The molecule has 1 aliphatic heterocycles. The molecule has 3 rings (SSSR count). The number of benzene rings is 2. The van der Waals surface area contributed by atoms with Gasteiger partial charge in [0.2, 0.25) is 0 Å². The van der Waals surface area contributed by atoms with Gasteiger partial charge in [0.05, 0.1) is 12.1 Å². The number of hydrogen-bond acceptors (Lipinski definition) is 5. The van der Waals surface area contributed by atoms with E-state index in [0.717, 1.165) is 17.0 Å². The number of thioether (sulfide) groups is 1. The van der Waals surface area contributed by atoms with Gasteiger partial charge in [0.15, 0.2) is 10.3 Å². The molecule has 0 aromatic heterocycles. The first-order chi connectivity index (χ1) is 13.0. The molecule has 1 heterocycles. The van der Waals surface area contributed by atoms with Crippen LogP contribution in [0.5, 0.6) is 5.75 Å². The monoisotopic (exact) mass is 404 g/mol. The topological polar surface area (TPSA) is 58.0 Å². The first-order valence-electron chi connectivity index (χ1n) is 8.13. The van der Waals surface area contributed by atoms with Crippen molar-refractivity contribution in [1.82, 2.24) is 5.32 Å². The third-order valence-electron chi connectivity index (χ3n) is 3.66. The van der Waals surface area contributed by atoms with Crippen LogP contribution in [0.25, 0.3) is 0 Å². The van der Waals surface area contributed by atoms with Gasteiger partial charge in [0.1, 0.15) is 11.6 Å². The Morgan fingerprint density at radius 2 is 2.04 bits per heavy atom. The van der Waals surface area contributed by atoms with Gasteiger partial charge in [-0.25, -0.2) is 9.38 Å². The molecule has 0 aliphatic carbocycles. The van der Waals surface area contributed by atoms with E-state index in [1.165, 1.54) is 23.9 Å². The third-order valence-corrected chi connectivity index (χ3v) is 4.71. The highest BCUT2D eigenvalue weighted by Gasteiger charge is 2.17. The first kappa shape index (κ1) is 19.3. The summed E-state index contributed by atoms with van der Waals surface area (Å²) in [6.07, 6.45) is 1.74. The number of hydrogen-bond donors (Lipinski definition) is 2. The summed E-state index contributed by atoms with van der Waals surface area (Å²) in [5.41, 5.74) is 2.76. The minimum atomic E-state index is -0.449. The van der Waals surface area contributed by atoms with Crippen molar-refractivity contribution in [2.75, 3.05) is 12.4 Å². The molecule has 140 valence electrons. The van der Waals surface area contributed by atoms with Crippen LogP contribution < -0.4 is 15.4 Å². The smallest absolute Gasteiger partial charge is 0.197 e. The van der Waals surface area contributed by atoms with Crippen LogP contribution in [0, 0.1) is 5.82 Å². The first-order valence-corrected chi connectivity index (χ1v) is 9.33. The summed E-state index contributed by atoms with van der Waals surface area (Å²) in [7, 11) is 1.65. The van der Waals surface area contributed by atoms with Crippen LogP contribution in [0.4, 0.5) is 10.1 Å². The van der Waals surface area contributed by atoms with Crippen molar-refractivity contribution >= 4 is 39.4 Å². The Morgan fingerprint density at radius 1 is 1.30 bits per heavy atom. The Bertz CT molecular complexity index is 912. The van der Waals surface area contributed by atoms with E-state index in [0.29, 0.717) is 22.6 Å². The second kappa shape index (κ2) is 8.92. The fourth-order valence-electron chi connectivity index (χ4n) is 2.17. The van der Waals surface area contributed by atoms with Crippen molar-refractivity contribution in [3.05, 3.63) is 70.8 Å². The van der Waals surface area contributed by atoms with Gasteiger partial charge in [-0.05, 0) is 54.6 Å². The number of aliphatic imine (C=N–C) groups is 2. The highest BCUT2D eigenvalue weighted by molar-refractivity contribution is 8.29. The molecule has 2 aromatic carbocycles. The van der Waals surface area contributed by atoms with Crippen molar-refractivity contribution in [3.63, 3.8) is 0 Å². The fraction of sp³-hybridized carbons (Fsp3) is 0.158. The lowest BCUT2D eigenvalue weighted by Crippen LogP contribution is -2.19. The van der Waals surface area contributed by atoms with Crippen molar-refractivity contribution in [3.8, 4) is 5.75 Å². The maximum Gasteiger partial charge on any atom is 0.197 e. The van der Waals surface area contributed by atoms with Crippen LogP contribution in [0.1, 0.15) is 12.5 Å². The maximum absolute atomic E-state index is 13.1. The molecule has 0 unspecified atom stereocenters. The molecule has 8 heteroatoms. The summed E-state index contributed by atoms with van der Waals surface area (Å²) in [6, 6.07) is 12.3. The van der Waals surface area contributed by atoms with E-state index in [1.54, 1.807) is 19.4 Å². The fourth-order valence-corrected chi connectivity index (χ4v) is 2.93. The Hall–Kier alpha value is -2.51. The maximum atomic E-state index is 13.1. The van der Waals surface area contributed by atoms with Crippen molar-refractivity contribution in [2.24, 2.45) is 9.98 Å². The lowest BCUT2D eigenvalue weighted by atomic mass is 10.2. The number of anilines is 1. The van der Waals surface area contributed by atoms with E-state index < -0.39 is 5.82 Å². The van der Waals surface area contributed by atoms with Gasteiger partial charge in [0.25, 0.3) is 0 Å². The molecule has 0 saturated carbocycles. The van der Waals surface area contributed by atoms with Gasteiger partial charge in [-0.15, -0.1) is 0 Å². The summed E-state index contributed by atoms with van der Waals surface area (Å²) in [4.78, 5) is 8.59. The van der Waals surface area contributed by atoms with Crippen LogP contribution in [0.3, 0.4) is 0 Å². The number of allylic oxidation sites excluding steroid dienone is 1. The van der Waals surface area contributed by atoms with Crippen LogP contribution in [0.2, 0.25) is 5.02 Å². The van der Waals surface area contributed by atoms with Gasteiger partial charge in [-0.3, -0.25) is 0 Å². The van der Waals surface area contributed by atoms with Gasteiger partial charge in [-0.1, -0.05) is 23.7 Å². The number of ether oxygens (including phenoxy) is 1. The number of halogens is 2. The largest absolute Gasteiger partial charge is 0.497 e. The van der Waals surface area contributed by atoms with E-state index in [4.69, 9.17) is 16.3 Å². The molecule has 2 aromatic rings. The average Bonchev–Trinajstić information content (AvgIpc) is 2.65. The Balaban J connectivity index is 1.49. The Morgan fingerprint density at radius 3 is 2.70 bits per heavy atom. The zero-order valence-corrected chi connectivity index (χ0v) is 16.4. The number of methoxy groups -OCH3 is 1. The standard InChI is InChI=1S/C19H18ClFN4OS/c1-12(22-11-13-3-6-15(26-2)7-4-13)10-23-18-25-19(27-18)24-14-5-8-17(21)16(20)9-14/h3-10,22H,11H2,1-2H3,(H,23,24,25)/b12-10+. The second-order valence-corrected chi connectivity index (χ2v) is 7.06. The second-order valence-electron chi connectivity index (χ2n) is 5.70. The molecule has 0 fully saturated rings. The Kier molecular flexibility index (Phi) is 6.36. The number of nitrogens with zero attached hydrogens (tertiary/aromatic N) is 2. The molecule has 0 amide bonds. The highest BCUT2D eigenvalue weighted by Crippen LogP contribution is 2.25. The van der Waals surface area contributed by atoms with Gasteiger partial charge >= 0.3 is 0 Å². The molecule has 0 saturated heterocycles. The molecule has 2 N–H and O–H groups in total. The molecule has 0 spiro atoms.